The lowest BCUT2D eigenvalue weighted by molar-refractivity contribution is -0.131. The fourth-order valence-electron chi connectivity index (χ4n) is 3.91. The number of hydrogen-bond donors (Lipinski definition) is 1. The summed E-state index contributed by atoms with van der Waals surface area (Å²) in [7, 11) is 0. The highest BCUT2D eigenvalue weighted by atomic mass is 16.5. The van der Waals surface area contributed by atoms with Crippen LogP contribution in [0.4, 0.5) is 0 Å². The van der Waals surface area contributed by atoms with Crippen LogP contribution in [0.15, 0.2) is 42.0 Å². The summed E-state index contributed by atoms with van der Waals surface area (Å²) in [6, 6.07) is 4.58. The molecule has 0 saturated heterocycles. The number of carbonyl (C=O) groups is 1. The van der Waals surface area contributed by atoms with Gasteiger partial charge in [-0.1, -0.05) is 52.8 Å². The molecule has 0 heterocycles. The Labute approximate surface area is 176 Å². The molecule has 0 fully saturated rings. The van der Waals surface area contributed by atoms with Gasteiger partial charge in [0, 0.05) is 11.6 Å². The summed E-state index contributed by atoms with van der Waals surface area (Å²) in [5.41, 5.74) is 6.02. The van der Waals surface area contributed by atoms with Crippen LogP contribution in [0.3, 0.4) is 0 Å². The van der Waals surface area contributed by atoms with Crippen molar-refractivity contribution in [3.8, 4) is 5.75 Å². The third kappa shape index (κ3) is 5.62. The SMILES string of the molecule is CCCOc1cc2c(cc1C(C)=CC=CC(C)=CC(=O)O)C(C)(C)CCC2(C)C. The number of carboxylic acid groups (broad SMARTS) is 1. The predicted molar refractivity (Wildman–Crippen MR) is 122 cm³/mol. The second-order valence-electron chi connectivity index (χ2n) is 9.45. The number of aliphatic carboxylic acids is 1. The minimum Gasteiger partial charge on any atom is -0.493 e. The van der Waals surface area contributed by atoms with Gasteiger partial charge in [-0.15, -0.1) is 0 Å². The third-order valence-corrected chi connectivity index (χ3v) is 5.90. The zero-order valence-corrected chi connectivity index (χ0v) is 19.1. The van der Waals surface area contributed by atoms with Gasteiger partial charge in [-0.05, 0) is 78.3 Å². The highest BCUT2D eigenvalue weighted by molar-refractivity contribution is 5.81. The molecule has 0 bridgehead atoms. The number of hydrogen-bond acceptors (Lipinski definition) is 2. The van der Waals surface area contributed by atoms with Crippen molar-refractivity contribution in [2.45, 2.75) is 78.6 Å². The first-order chi connectivity index (χ1) is 13.5. The predicted octanol–water partition coefficient (Wildman–Crippen LogP) is 6.81. The van der Waals surface area contributed by atoms with Crippen molar-refractivity contribution < 1.29 is 14.6 Å². The van der Waals surface area contributed by atoms with Gasteiger partial charge in [0.2, 0.25) is 0 Å². The van der Waals surface area contributed by atoms with Crippen LogP contribution in [0.2, 0.25) is 0 Å². The van der Waals surface area contributed by atoms with Crippen molar-refractivity contribution in [1.82, 2.24) is 0 Å². The molecule has 2 rings (SSSR count). The Morgan fingerprint density at radius 1 is 1.10 bits per heavy atom. The fraction of sp³-hybridized carbons (Fsp3) is 0.500. The second-order valence-corrected chi connectivity index (χ2v) is 9.45. The first kappa shape index (κ1) is 23.0. The molecular formula is C26H36O3. The van der Waals surface area contributed by atoms with Crippen molar-refractivity contribution in [2.24, 2.45) is 0 Å². The standard InChI is InChI=1S/C26H36O3/c1-8-14-29-23-17-22-21(25(4,5)12-13-26(22,6)7)16-20(23)19(3)11-9-10-18(2)15-24(27)28/h9-11,15-17H,8,12-14H2,1-7H3,(H,27,28). The zero-order valence-electron chi connectivity index (χ0n) is 19.1. The first-order valence-electron chi connectivity index (χ1n) is 10.6. The molecule has 0 aliphatic heterocycles. The largest absolute Gasteiger partial charge is 0.493 e. The lowest BCUT2D eigenvalue weighted by atomic mass is 9.62. The molecule has 1 aromatic rings. The van der Waals surface area contributed by atoms with Gasteiger partial charge in [0.1, 0.15) is 5.75 Å². The van der Waals surface area contributed by atoms with Gasteiger partial charge in [0.05, 0.1) is 6.61 Å². The maximum atomic E-state index is 10.8. The summed E-state index contributed by atoms with van der Waals surface area (Å²) in [5, 5.41) is 8.85. The topological polar surface area (TPSA) is 46.5 Å². The van der Waals surface area contributed by atoms with Crippen LogP contribution >= 0.6 is 0 Å². The van der Waals surface area contributed by atoms with Crippen LogP contribution in [-0.2, 0) is 15.6 Å². The van der Waals surface area contributed by atoms with Crippen molar-refractivity contribution in [3.63, 3.8) is 0 Å². The Bertz CT molecular complexity index is 851. The summed E-state index contributed by atoms with van der Waals surface area (Å²) in [6.07, 6.45) is 10.3. The maximum Gasteiger partial charge on any atom is 0.328 e. The van der Waals surface area contributed by atoms with Crippen molar-refractivity contribution in [3.05, 3.63) is 58.7 Å². The van der Waals surface area contributed by atoms with Crippen LogP contribution in [0.1, 0.15) is 84.4 Å². The smallest absolute Gasteiger partial charge is 0.328 e. The first-order valence-corrected chi connectivity index (χ1v) is 10.6. The molecule has 0 unspecified atom stereocenters. The van der Waals surface area contributed by atoms with Crippen LogP contribution in [-0.4, -0.2) is 17.7 Å². The molecule has 3 nitrogen and oxygen atoms in total. The van der Waals surface area contributed by atoms with E-state index in [9.17, 15) is 4.79 Å². The molecule has 158 valence electrons. The van der Waals surface area contributed by atoms with E-state index in [0.29, 0.717) is 12.2 Å². The number of fused-ring (bicyclic) bond motifs is 1. The van der Waals surface area contributed by atoms with Crippen LogP contribution in [0.25, 0.3) is 5.57 Å². The number of rotatable bonds is 7. The van der Waals surface area contributed by atoms with E-state index in [-0.39, 0.29) is 10.8 Å². The van der Waals surface area contributed by atoms with E-state index >= 15 is 0 Å². The van der Waals surface area contributed by atoms with E-state index in [2.05, 4.69) is 53.7 Å². The van der Waals surface area contributed by atoms with Crippen molar-refractivity contribution in [1.29, 1.82) is 0 Å². The van der Waals surface area contributed by atoms with E-state index in [1.54, 1.807) is 6.92 Å². The van der Waals surface area contributed by atoms with Gasteiger partial charge < -0.3 is 9.84 Å². The van der Waals surface area contributed by atoms with E-state index in [1.165, 1.54) is 30.0 Å². The van der Waals surface area contributed by atoms with Crippen molar-refractivity contribution in [2.75, 3.05) is 6.61 Å². The van der Waals surface area contributed by atoms with Gasteiger partial charge >= 0.3 is 5.97 Å². The summed E-state index contributed by atoms with van der Waals surface area (Å²) in [5.74, 6) is 0.0129. The molecule has 1 N–H and O–H groups in total. The molecule has 0 saturated carbocycles. The van der Waals surface area contributed by atoms with Gasteiger partial charge in [0.25, 0.3) is 0 Å². The Balaban J connectivity index is 2.53. The Hall–Kier alpha value is -2.29. The number of carboxylic acids is 1. The highest BCUT2D eigenvalue weighted by Gasteiger charge is 2.38. The molecule has 0 spiro atoms. The van der Waals surface area contributed by atoms with Crippen LogP contribution < -0.4 is 4.74 Å². The van der Waals surface area contributed by atoms with E-state index < -0.39 is 5.97 Å². The molecule has 1 aromatic carbocycles. The molecule has 0 amide bonds. The van der Waals surface area contributed by atoms with Gasteiger partial charge in [0.15, 0.2) is 0 Å². The molecule has 3 heteroatoms. The van der Waals surface area contributed by atoms with E-state index in [4.69, 9.17) is 9.84 Å². The minimum absolute atomic E-state index is 0.139. The normalized spacial score (nSPS) is 18.6. The molecule has 1 aliphatic rings. The molecule has 0 radical (unpaired) electrons. The minimum atomic E-state index is -0.928. The van der Waals surface area contributed by atoms with Crippen molar-refractivity contribution >= 4 is 11.5 Å². The number of allylic oxidation sites excluding steroid dienone is 5. The Morgan fingerprint density at radius 2 is 1.69 bits per heavy atom. The second kappa shape index (κ2) is 9.02. The van der Waals surface area contributed by atoms with E-state index in [0.717, 1.165) is 23.3 Å². The monoisotopic (exact) mass is 396 g/mol. The summed E-state index contributed by atoms with van der Waals surface area (Å²) < 4.78 is 6.16. The molecule has 29 heavy (non-hydrogen) atoms. The van der Waals surface area contributed by atoms with Crippen LogP contribution in [0, 0.1) is 0 Å². The molecule has 0 aromatic heterocycles. The lowest BCUT2D eigenvalue weighted by Gasteiger charge is -2.42. The molecular weight excluding hydrogens is 360 g/mol. The zero-order chi connectivity index (χ0) is 21.8. The Morgan fingerprint density at radius 3 is 2.24 bits per heavy atom. The van der Waals surface area contributed by atoms with Gasteiger partial charge in [-0.2, -0.15) is 0 Å². The summed E-state index contributed by atoms with van der Waals surface area (Å²) in [4.78, 5) is 10.8. The molecule has 1 aliphatic carbocycles. The Kier molecular flexibility index (Phi) is 7.15. The van der Waals surface area contributed by atoms with Gasteiger partial charge in [-0.3, -0.25) is 0 Å². The van der Waals surface area contributed by atoms with Gasteiger partial charge in [-0.25, -0.2) is 4.79 Å². The van der Waals surface area contributed by atoms with E-state index in [1.807, 2.05) is 18.2 Å². The number of ether oxygens (including phenoxy) is 1. The highest BCUT2D eigenvalue weighted by Crippen LogP contribution is 2.48. The summed E-state index contributed by atoms with van der Waals surface area (Å²) >= 11 is 0. The quantitative estimate of drug-likeness (QED) is 0.406. The number of benzene rings is 1. The lowest BCUT2D eigenvalue weighted by Crippen LogP contribution is -2.34. The van der Waals surface area contributed by atoms with Crippen LogP contribution in [0.5, 0.6) is 5.75 Å². The average Bonchev–Trinajstić information content (AvgIpc) is 2.62. The fourth-order valence-corrected chi connectivity index (χ4v) is 3.91. The average molecular weight is 397 g/mol. The maximum absolute atomic E-state index is 10.8. The summed E-state index contributed by atoms with van der Waals surface area (Å²) in [6.45, 7) is 16.0. The molecule has 0 atom stereocenters. The third-order valence-electron chi connectivity index (χ3n) is 5.90.